The molecule has 104 valence electrons. The standard InChI is InChI=1S/C15H29N3/c1-12(2)16-10-8-13(3)17-11-9-14(4)18-15(5,6)7/h16-18H,1,3-4,8-11H2,2,5-7H3. The van der Waals surface area contributed by atoms with Gasteiger partial charge >= 0.3 is 0 Å². The highest BCUT2D eigenvalue weighted by Gasteiger charge is 2.09. The van der Waals surface area contributed by atoms with Gasteiger partial charge in [0.15, 0.2) is 0 Å². The van der Waals surface area contributed by atoms with Gasteiger partial charge in [-0.05, 0) is 27.7 Å². The lowest BCUT2D eigenvalue weighted by atomic mass is 10.1. The molecular formula is C15H29N3. The number of allylic oxidation sites excluding steroid dienone is 1. The third-order valence-corrected chi connectivity index (χ3v) is 2.21. The molecule has 0 aromatic heterocycles. The van der Waals surface area contributed by atoms with E-state index in [0.29, 0.717) is 0 Å². The van der Waals surface area contributed by atoms with Gasteiger partial charge in [0.2, 0.25) is 0 Å². The summed E-state index contributed by atoms with van der Waals surface area (Å²) in [5.41, 5.74) is 3.18. The Labute approximate surface area is 112 Å². The van der Waals surface area contributed by atoms with Crippen LogP contribution in [0.3, 0.4) is 0 Å². The Bertz CT molecular complexity index is 297. The van der Waals surface area contributed by atoms with Crippen molar-refractivity contribution in [2.45, 2.75) is 46.1 Å². The minimum absolute atomic E-state index is 0.0828. The highest BCUT2D eigenvalue weighted by atomic mass is 15.0. The van der Waals surface area contributed by atoms with Crippen molar-refractivity contribution < 1.29 is 0 Å². The van der Waals surface area contributed by atoms with Gasteiger partial charge in [-0.3, -0.25) is 0 Å². The summed E-state index contributed by atoms with van der Waals surface area (Å²) in [7, 11) is 0. The molecule has 0 aliphatic rings. The first-order valence-electron chi connectivity index (χ1n) is 6.47. The Morgan fingerprint density at radius 3 is 1.89 bits per heavy atom. The van der Waals surface area contributed by atoms with Crippen molar-refractivity contribution in [1.82, 2.24) is 16.0 Å². The van der Waals surface area contributed by atoms with Crippen molar-refractivity contribution in [1.29, 1.82) is 0 Å². The predicted octanol–water partition coefficient (Wildman–Crippen LogP) is 2.89. The van der Waals surface area contributed by atoms with E-state index in [9.17, 15) is 0 Å². The van der Waals surface area contributed by atoms with Gasteiger partial charge in [0.1, 0.15) is 0 Å². The molecule has 0 saturated carbocycles. The van der Waals surface area contributed by atoms with Crippen LogP contribution in [0.2, 0.25) is 0 Å². The highest BCUT2D eigenvalue weighted by Crippen LogP contribution is 2.04. The van der Waals surface area contributed by atoms with Crippen molar-refractivity contribution in [3.05, 3.63) is 36.8 Å². The molecule has 3 N–H and O–H groups in total. The molecule has 0 saturated heterocycles. The lowest BCUT2D eigenvalue weighted by Crippen LogP contribution is -2.35. The van der Waals surface area contributed by atoms with Crippen molar-refractivity contribution >= 4 is 0 Å². The zero-order valence-electron chi connectivity index (χ0n) is 12.4. The van der Waals surface area contributed by atoms with E-state index >= 15 is 0 Å². The zero-order chi connectivity index (χ0) is 14.2. The Balaban J connectivity index is 3.62. The first-order valence-corrected chi connectivity index (χ1v) is 6.47. The van der Waals surface area contributed by atoms with Gasteiger partial charge < -0.3 is 16.0 Å². The van der Waals surface area contributed by atoms with Gasteiger partial charge in [-0.15, -0.1) is 0 Å². The van der Waals surface area contributed by atoms with E-state index in [1.165, 1.54) is 0 Å². The maximum absolute atomic E-state index is 4.02. The summed E-state index contributed by atoms with van der Waals surface area (Å²) >= 11 is 0. The fourth-order valence-corrected chi connectivity index (χ4v) is 1.50. The van der Waals surface area contributed by atoms with E-state index in [-0.39, 0.29) is 5.54 Å². The van der Waals surface area contributed by atoms with E-state index in [2.05, 4.69) is 56.5 Å². The Hall–Kier alpha value is -1.38. The third kappa shape index (κ3) is 11.1. The van der Waals surface area contributed by atoms with E-state index in [1.807, 2.05) is 6.92 Å². The van der Waals surface area contributed by atoms with Crippen molar-refractivity contribution in [3.8, 4) is 0 Å². The first-order chi connectivity index (χ1) is 8.20. The van der Waals surface area contributed by atoms with Crippen LogP contribution in [0.4, 0.5) is 0 Å². The fraction of sp³-hybridized carbons (Fsp3) is 0.600. The van der Waals surface area contributed by atoms with Crippen molar-refractivity contribution in [2.75, 3.05) is 13.1 Å². The SMILES string of the molecule is C=C(C)NCCC(=C)NCCC(=C)NC(C)(C)C. The molecule has 0 amide bonds. The third-order valence-electron chi connectivity index (χ3n) is 2.21. The maximum Gasteiger partial charge on any atom is 0.0286 e. The molecule has 0 radical (unpaired) electrons. The van der Waals surface area contributed by atoms with Gasteiger partial charge in [-0.2, -0.15) is 0 Å². The van der Waals surface area contributed by atoms with E-state index in [0.717, 1.165) is 43.0 Å². The molecule has 0 aromatic rings. The Morgan fingerprint density at radius 1 is 0.889 bits per heavy atom. The minimum atomic E-state index is 0.0828. The molecule has 18 heavy (non-hydrogen) atoms. The van der Waals surface area contributed by atoms with Gasteiger partial charge in [-0.1, -0.05) is 19.7 Å². The van der Waals surface area contributed by atoms with Crippen LogP contribution >= 0.6 is 0 Å². The summed E-state index contributed by atoms with van der Waals surface area (Å²) in [5, 5.41) is 9.85. The number of rotatable bonds is 9. The maximum atomic E-state index is 4.02. The summed E-state index contributed by atoms with van der Waals surface area (Å²) in [6.45, 7) is 21.9. The molecule has 0 aliphatic carbocycles. The van der Waals surface area contributed by atoms with Gasteiger partial charge in [0, 0.05) is 48.6 Å². The summed E-state index contributed by atoms with van der Waals surface area (Å²) in [6.07, 6.45) is 1.82. The molecular weight excluding hydrogens is 222 g/mol. The summed E-state index contributed by atoms with van der Waals surface area (Å²) in [4.78, 5) is 0. The molecule has 0 unspecified atom stereocenters. The van der Waals surface area contributed by atoms with Gasteiger partial charge in [0.05, 0.1) is 0 Å². The predicted molar refractivity (Wildman–Crippen MR) is 81.2 cm³/mol. The summed E-state index contributed by atoms with van der Waals surface area (Å²) in [6, 6.07) is 0. The lowest BCUT2D eigenvalue weighted by Gasteiger charge is -2.24. The van der Waals surface area contributed by atoms with Crippen LogP contribution in [-0.4, -0.2) is 18.6 Å². The molecule has 0 bridgehead atoms. The summed E-state index contributed by atoms with van der Waals surface area (Å²) in [5.74, 6) is 0. The zero-order valence-corrected chi connectivity index (χ0v) is 12.4. The molecule has 3 heteroatoms. The molecule has 0 heterocycles. The monoisotopic (exact) mass is 251 g/mol. The molecule has 0 aliphatic heterocycles. The molecule has 3 nitrogen and oxygen atoms in total. The van der Waals surface area contributed by atoms with Crippen molar-refractivity contribution in [2.24, 2.45) is 0 Å². The van der Waals surface area contributed by atoms with Crippen LogP contribution in [0.1, 0.15) is 40.5 Å². The van der Waals surface area contributed by atoms with E-state index in [4.69, 9.17) is 0 Å². The minimum Gasteiger partial charge on any atom is -0.389 e. The lowest BCUT2D eigenvalue weighted by molar-refractivity contribution is 0.463. The average molecular weight is 251 g/mol. The van der Waals surface area contributed by atoms with Gasteiger partial charge in [0.25, 0.3) is 0 Å². The second-order valence-electron chi connectivity index (χ2n) is 5.72. The average Bonchev–Trinajstić information content (AvgIpc) is 2.13. The number of hydrogen-bond donors (Lipinski definition) is 3. The van der Waals surface area contributed by atoms with Gasteiger partial charge in [-0.25, -0.2) is 0 Å². The quantitative estimate of drug-likeness (QED) is 0.590. The molecule has 0 spiro atoms. The second-order valence-corrected chi connectivity index (χ2v) is 5.72. The van der Waals surface area contributed by atoms with Crippen LogP contribution in [0.5, 0.6) is 0 Å². The molecule has 0 atom stereocenters. The number of hydrogen-bond acceptors (Lipinski definition) is 3. The smallest absolute Gasteiger partial charge is 0.0286 e. The molecule has 0 fully saturated rings. The normalized spacial score (nSPS) is 10.7. The van der Waals surface area contributed by atoms with Crippen molar-refractivity contribution in [3.63, 3.8) is 0 Å². The van der Waals surface area contributed by atoms with E-state index in [1.54, 1.807) is 0 Å². The van der Waals surface area contributed by atoms with Crippen LogP contribution < -0.4 is 16.0 Å². The fourth-order valence-electron chi connectivity index (χ4n) is 1.50. The van der Waals surface area contributed by atoms with Crippen LogP contribution in [-0.2, 0) is 0 Å². The Kier molecular flexibility index (Phi) is 7.25. The van der Waals surface area contributed by atoms with Crippen LogP contribution in [0.15, 0.2) is 36.8 Å². The number of nitrogens with one attached hydrogen (secondary N) is 3. The first kappa shape index (κ1) is 16.6. The second kappa shape index (κ2) is 7.85. The molecule has 0 aromatic carbocycles. The highest BCUT2D eigenvalue weighted by molar-refractivity contribution is 4.99. The molecule has 0 rings (SSSR count). The van der Waals surface area contributed by atoms with Crippen LogP contribution in [0.25, 0.3) is 0 Å². The summed E-state index contributed by atoms with van der Waals surface area (Å²) < 4.78 is 0. The van der Waals surface area contributed by atoms with Crippen LogP contribution in [0, 0.1) is 0 Å². The topological polar surface area (TPSA) is 36.1 Å². The van der Waals surface area contributed by atoms with E-state index < -0.39 is 0 Å². The largest absolute Gasteiger partial charge is 0.389 e. The Morgan fingerprint density at radius 2 is 1.39 bits per heavy atom.